The first-order chi connectivity index (χ1) is 19.7. The Balaban J connectivity index is 1.59. The maximum Gasteiger partial charge on any atom is 0.326 e. The van der Waals surface area contributed by atoms with Gasteiger partial charge in [0.25, 0.3) is 0 Å². The number of nitrogens with two attached hydrogens (primary N) is 1. The van der Waals surface area contributed by atoms with Crippen molar-refractivity contribution in [3.05, 3.63) is 23.8 Å². The van der Waals surface area contributed by atoms with E-state index in [0.717, 1.165) is 31.2 Å². The molecule has 0 radical (unpaired) electrons. The number of aliphatic carboxylic acids is 1. The van der Waals surface area contributed by atoms with Gasteiger partial charge in [0.2, 0.25) is 18.6 Å². The fraction of sp³-hybridized carbons (Fsp3) is 0.655. The van der Waals surface area contributed by atoms with Crippen LogP contribution < -0.4 is 15.2 Å². The Morgan fingerprint density at radius 2 is 1.88 bits per heavy atom. The monoisotopic (exact) mass is 573 g/mol. The van der Waals surface area contributed by atoms with Crippen LogP contribution in [-0.4, -0.2) is 114 Å². The van der Waals surface area contributed by atoms with Crippen LogP contribution in [0.25, 0.3) is 0 Å². The molecule has 0 saturated carbocycles. The molecule has 1 aromatic rings. The summed E-state index contributed by atoms with van der Waals surface area (Å²) in [4.78, 5) is 58.2. The van der Waals surface area contributed by atoms with E-state index in [-0.39, 0.29) is 50.6 Å². The number of amides is 4. The van der Waals surface area contributed by atoms with Crippen molar-refractivity contribution < 1.29 is 33.8 Å². The lowest BCUT2D eigenvalue weighted by Gasteiger charge is -2.34. The SMILES string of the molecule is CCCCN(CCCCN)C(=O)CN1C[C@H](c2ccc3c(c2)OCO3)[C@@H](C(=O)O)[C@@H]1CCN1C(=O)CCN(C)C1=O. The number of hydrogen-bond acceptors (Lipinski definition) is 8. The molecule has 4 rings (SSSR count). The molecule has 3 atom stereocenters. The average Bonchev–Trinajstić information content (AvgIpc) is 3.57. The number of urea groups is 1. The third-order valence-corrected chi connectivity index (χ3v) is 8.38. The zero-order valence-corrected chi connectivity index (χ0v) is 24.1. The number of hydrogen-bond donors (Lipinski definition) is 2. The van der Waals surface area contributed by atoms with Crippen LogP contribution in [0.15, 0.2) is 18.2 Å². The van der Waals surface area contributed by atoms with Crippen molar-refractivity contribution in [2.45, 2.75) is 57.4 Å². The topological polar surface area (TPSA) is 146 Å². The van der Waals surface area contributed by atoms with Crippen LogP contribution in [0.1, 0.15) is 56.9 Å². The molecule has 2 fully saturated rings. The molecule has 3 N–H and O–H groups in total. The molecule has 0 unspecified atom stereocenters. The highest BCUT2D eigenvalue weighted by molar-refractivity contribution is 5.96. The fourth-order valence-electron chi connectivity index (χ4n) is 6.05. The van der Waals surface area contributed by atoms with Crippen LogP contribution in [0.4, 0.5) is 4.79 Å². The normalized spacial score (nSPS) is 22.5. The summed E-state index contributed by atoms with van der Waals surface area (Å²) >= 11 is 0. The van der Waals surface area contributed by atoms with E-state index in [0.29, 0.717) is 44.2 Å². The second kappa shape index (κ2) is 14.0. The minimum Gasteiger partial charge on any atom is -0.481 e. The first-order valence-electron chi connectivity index (χ1n) is 14.6. The summed E-state index contributed by atoms with van der Waals surface area (Å²) in [6.45, 7) is 4.84. The molecule has 3 heterocycles. The molecule has 0 spiro atoms. The van der Waals surface area contributed by atoms with Crippen LogP contribution in [-0.2, 0) is 14.4 Å². The maximum absolute atomic E-state index is 13.6. The Labute approximate surface area is 241 Å². The van der Waals surface area contributed by atoms with E-state index in [1.54, 1.807) is 13.1 Å². The molecule has 3 aliphatic heterocycles. The lowest BCUT2D eigenvalue weighted by Crippen LogP contribution is -2.52. The van der Waals surface area contributed by atoms with Gasteiger partial charge in [-0.25, -0.2) is 4.79 Å². The number of imide groups is 1. The molecule has 41 heavy (non-hydrogen) atoms. The summed E-state index contributed by atoms with van der Waals surface area (Å²) in [6, 6.07) is 4.51. The maximum atomic E-state index is 13.6. The predicted octanol–water partition coefficient (Wildman–Crippen LogP) is 1.93. The second-order valence-electron chi connectivity index (χ2n) is 11.1. The van der Waals surface area contributed by atoms with Crippen molar-refractivity contribution in [1.82, 2.24) is 19.6 Å². The summed E-state index contributed by atoms with van der Waals surface area (Å²) in [5.74, 6) is -1.40. The first kappa shape index (κ1) is 30.6. The summed E-state index contributed by atoms with van der Waals surface area (Å²) in [6.07, 6.45) is 3.93. The van der Waals surface area contributed by atoms with E-state index in [9.17, 15) is 24.3 Å². The van der Waals surface area contributed by atoms with Gasteiger partial charge in [0.05, 0.1) is 12.5 Å². The van der Waals surface area contributed by atoms with Crippen LogP contribution in [0.5, 0.6) is 11.5 Å². The summed E-state index contributed by atoms with van der Waals surface area (Å²) in [5.41, 5.74) is 6.46. The molecule has 4 amide bonds. The van der Waals surface area contributed by atoms with Crippen molar-refractivity contribution in [3.63, 3.8) is 0 Å². The first-order valence-corrected chi connectivity index (χ1v) is 14.6. The van der Waals surface area contributed by atoms with Crippen LogP contribution in [0.3, 0.4) is 0 Å². The minimum atomic E-state index is -0.980. The number of likely N-dealkylation sites (tertiary alicyclic amines) is 1. The molecular formula is C29H43N5O7. The fourth-order valence-corrected chi connectivity index (χ4v) is 6.05. The zero-order chi connectivity index (χ0) is 29.5. The molecule has 12 nitrogen and oxygen atoms in total. The highest BCUT2D eigenvalue weighted by Crippen LogP contribution is 2.42. The highest BCUT2D eigenvalue weighted by atomic mass is 16.7. The largest absolute Gasteiger partial charge is 0.481 e. The smallest absolute Gasteiger partial charge is 0.326 e. The molecule has 1 aromatic carbocycles. The number of ether oxygens (including phenoxy) is 2. The molecule has 3 aliphatic rings. The van der Waals surface area contributed by atoms with Gasteiger partial charge >= 0.3 is 12.0 Å². The lowest BCUT2D eigenvalue weighted by atomic mass is 9.84. The van der Waals surface area contributed by atoms with Crippen molar-refractivity contribution in [2.24, 2.45) is 11.7 Å². The standard InChI is InChI=1S/C29H43N5O7/c1-3-4-12-32(13-6-5-11-30)26(36)18-33-17-21(20-7-8-23-24(16-20)41-19-40-23)27(28(37)38)22(33)9-15-34-25(35)10-14-31(2)29(34)39/h7-8,16,21-22,27H,3-6,9-15,17-19,30H2,1-2H3,(H,37,38)/t21-,22+,27-/m1/s1. The molecule has 12 heteroatoms. The van der Waals surface area contributed by atoms with Crippen LogP contribution in [0, 0.1) is 5.92 Å². The Morgan fingerprint density at radius 1 is 1.12 bits per heavy atom. The van der Waals surface area contributed by atoms with Gasteiger partial charge in [-0.15, -0.1) is 0 Å². The molecular weight excluding hydrogens is 530 g/mol. The van der Waals surface area contributed by atoms with Gasteiger partial charge in [-0.3, -0.25) is 24.2 Å². The Morgan fingerprint density at radius 3 is 2.61 bits per heavy atom. The third-order valence-electron chi connectivity index (χ3n) is 8.38. The number of rotatable bonds is 14. The van der Waals surface area contributed by atoms with E-state index < -0.39 is 23.8 Å². The van der Waals surface area contributed by atoms with E-state index in [2.05, 4.69) is 6.92 Å². The lowest BCUT2D eigenvalue weighted by molar-refractivity contribution is -0.144. The van der Waals surface area contributed by atoms with E-state index in [4.69, 9.17) is 15.2 Å². The van der Waals surface area contributed by atoms with E-state index in [1.165, 1.54) is 9.80 Å². The quantitative estimate of drug-likeness (QED) is 0.319. The van der Waals surface area contributed by atoms with Gasteiger partial charge in [-0.2, -0.15) is 0 Å². The number of benzene rings is 1. The van der Waals surface area contributed by atoms with Crippen molar-refractivity contribution in [3.8, 4) is 11.5 Å². The molecule has 226 valence electrons. The summed E-state index contributed by atoms with van der Waals surface area (Å²) in [5, 5.41) is 10.5. The highest BCUT2D eigenvalue weighted by Gasteiger charge is 2.48. The molecule has 0 aliphatic carbocycles. The molecule has 2 saturated heterocycles. The van der Waals surface area contributed by atoms with Crippen molar-refractivity contribution in [1.29, 1.82) is 0 Å². The number of unbranched alkanes of at least 4 members (excludes halogenated alkanes) is 2. The van der Waals surface area contributed by atoms with Gasteiger partial charge in [0.1, 0.15) is 0 Å². The molecule has 0 aromatic heterocycles. The van der Waals surface area contributed by atoms with Gasteiger partial charge in [0.15, 0.2) is 11.5 Å². The Kier molecular flexibility index (Phi) is 10.4. The van der Waals surface area contributed by atoms with Gasteiger partial charge in [-0.1, -0.05) is 19.4 Å². The van der Waals surface area contributed by atoms with Gasteiger partial charge in [0, 0.05) is 58.2 Å². The van der Waals surface area contributed by atoms with Crippen LogP contribution >= 0.6 is 0 Å². The van der Waals surface area contributed by atoms with E-state index in [1.807, 2.05) is 21.9 Å². The minimum absolute atomic E-state index is 0.0548. The summed E-state index contributed by atoms with van der Waals surface area (Å²) in [7, 11) is 1.65. The summed E-state index contributed by atoms with van der Waals surface area (Å²) < 4.78 is 11.0. The van der Waals surface area contributed by atoms with E-state index >= 15 is 0 Å². The molecule has 0 bridgehead atoms. The zero-order valence-electron chi connectivity index (χ0n) is 24.1. The Hall–Kier alpha value is -3.38. The van der Waals surface area contributed by atoms with Crippen LogP contribution in [0.2, 0.25) is 0 Å². The number of carbonyl (C=O) groups is 4. The van der Waals surface area contributed by atoms with Crippen molar-refractivity contribution in [2.75, 3.05) is 59.7 Å². The number of fused-ring (bicyclic) bond motifs is 1. The average molecular weight is 574 g/mol. The van der Waals surface area contributed by atoms with Gasteiger partial charge < -0.3 is 30.1 Å². The Bertz CT molecular complexity index is 1120. The number of carboxylic acid groups (broad SMARTS) is 1. The predicted molar refractivity (Wildman–Crippen MR) is 151 cm³/mol. The van der Waals surface area contributed by atoms with Gasteiger partial charge in [-0.05, 0) is 49.9 Å². The number of carbonyl (C=O) groups excluding carboxylic acids is 3. The third kappa shape index (κ3) is 7.10. The number of nitrogens with zero attached hydrogens (tertiary/aromatic N) is 4. The van der Waals surface area contributed by atoms with Crippen molar-refractivity contribution >= 4 is 23.8 Å². The number of carboxylic acids is 1. The second-order valence-corrected chi connectivity index (χ2v) is 11.1.